The van der Waals surface area contributed by atoms with E-state index in [9.17, 15) is 4.79 Å². The van der Waals surface area contributed by atoms with Gasteiger partial charge in [-0.15, -0.1) is 10.2 Å². The van der Waals surface area contributed by atoms with Gasteiger partial charge >= 0.3 is 0 Å². The van der Waals surface area contributed by atoms with E-state index in [0.717, 1.165) is 30.9 Å². The number of ether oxygens (including phenoxy) is 1. The van der Waals surface area contributed by atoms with Gasteiger partial charge in [-0.05, 0) is 63.2 Å². The highest BCUT2D eigenvalue weighted by Crippen LogP contribution is 2.21. The van der Waals surface area contributed by atoms with Gasteiger partial charge in [0, 0.05) is 12.2 Å². The fraction of sp³-hybridized carbons (Fsp3) is 0.550. The van der Waals surface area contributed by atoms with E-state index >= 15 is 0 Å². The zero-order valence-corrected chi connectivity index (χ0v) is 17.3. The average Bonchev–Trinajstić information content (AvgIpc) is 3.04. The van der Waals surface area contributed by atoms with Gasteiger partial charge in [0.2, 0.25) is 5.91 Å². The highest BCUT2D eigenvalue weighted by molar-refractivity contribution is 7.99. The number of likely N-dealkylation sites (tertiary alicyclic amines) is 1. The summed E-state index contributed by atoms with van der Waals surface area (Å²) >= 11 is 1.39. The second kappa shape index (κ2) is 11.1. The fourth-order valence-electron chi connectivity index (χ4n) is 3.31. The monoisotopic (exact) mass is 403 g/mol. The molecule has 0 bridgehead atoms. The molecule has 1 fully saturated rings. The third kappa shape index (κ3) is 6.24. The number of amides is 1. The number of benzene rings is 1. The van der Waals surface area contributed by atoms with Gasteiger partial charge in [-0.2, -0.15) is 0 Å². The van der Waals surface area contributed by atoms with Crippen LogP contribution in [0.15, 0.2) is 35.7 Å². The molecule has 1 saturated heterocycles. The molecule has 1 N–H and O–H groups in total. The summed E-state index contributed by atoms with van der Waals surface area (Å²) in [5.74, 6) is 1.16. The number of hydrogen-bond acceptors (Lipinski definition) is 6. The molecule has 1 aromatic carbocycles. The van der Waals surface area contributed by atoms with Crippen LogP contribution in [0.2, 0.25) is 0 Å². The second-order valence-corrected chi connectivity index (χ2v) is 7.87. The smallest absolute Gasteiger partial charge is 0.230 e. The average molecular weight is 404 g/mol. The van der Waals surface area contributed by atoms with Crippen molar-refractivity contribution in [1.29, 1.82) is 0 Å². The molecule has 1 aliphatic heterocycles. The van der Waals surface area contributed by atoms with E-state index in [-0.39, 0.29) is 5.91 Å². The molecular weight excluding hydrogens is 374 g/mol. The summed E-state index contributed by atoms with van der Waals surface area (Å²) in [6.07, 6.45) is 7.97. The number of hydrogen-bond donors (Lipinski definition) is 1. The number of methoxy groups -OCH3 is 1. The van der Waals surface area contributed by atoms with Crippen LogP contribution in [0, 0.1) is 0 Å². The van der Waals surface area contributed by atoms with Crippen molar-refractivity contribution in [2.45, 2.75) is 37.3 Å². The molecule has 152 valence electrons. The van der Waals surface area contributed by atoms with Crippen LogP contribution in [0.5, 0.6) is 5.75 Å². The number of carbonyl (C=O) groups excluding carboxylic acids is 1. The van der Waals surface area contributed by atoms with Crippen LogP contribution in [0.25, 0.3) is 5.69 Å². The van der Waals surface area contributed by atoms with Crippen molar-refractivity contribution in [3.63, 3.8) is 0 Å². The van der Waals surface area contributed by atoms with Crippen LogP contribution in [-0.2, 0) is 4.79 Å². The van der Waals surface area contributed by atoms with Crippen molar-refractivity contribution in [1.82, 2.24) is 25.0 Å². The van der Waals surface area contributed by atoms with Gasteiger partial charge in [-0.25, -0.2) is 0 Å². The quantitative estimate of drug-likeness (QED) is 0.513. The third-order valence-electron chi connectivity index (χ3n) is 4.87. The Labute approximate surface area is 170 Å². The Kier molecular flexibility index (Phi) is 8.17. The second-order valence-electron chi connectivity index (χ2n) is 6.93. The van der Waals surface area contributed by atoms with Gasteiger partial charge in [0.1, 0.15) is 12.1 Å². The summed E-state index contributed by atoms with van der Waals surface area (Å²) in [6, 6.07) is 7.66. The molecule has 28 heavy (non-hydrogen) atoms. The Morgan fingerprint density at radius 3 is 2.64 bits per heavy atom. The maximum absolute atomic E-state index is 12.2. The molecule has 0 unspecified atom stereocenters. The van der Waals surface area contributed by atoms with E-state index in [0.29, 0.717) is 10.9 Å². The SMILES string of the molecule is COc1ccc(-n2cnnc2SCC(=O)NCCCN2CCCCCC2)cc1. The van der Waals surface area contributed by atoms with Gasteiger partial charge in [-0.1, -0.05) is 24.6 Å². The minimum atomic E-state index is 0.0325. The summed E-state index contributed by atoms with van der Waals surface area (Å²) in [5.41, 5.74) is 0.936. The summed E-state index contributed by atoms with van der Waals surface area (Å²) in [7, 11) is 1.64. The normalized spacial score (nSPS) is 15.2. The summed E-state index contributed by atoms with van der Waals surface area (Å²) in [4.78, 5) is 14.7. The van der Waals surface area contributed by atoms with Crippen molar-refractivity contribution in [2.24, 2.45) is 0 Å². The highest BCUT2D eigenvalue weighted by atomic mass is 32.2. The van der Waals surface area contributed by atoms with Crippen molar-refractivity contribution in [3.05, 3.63) is 30.6 Å². The molecule has 7 nitrogen and oxygen atoms in total. The van der Waals surface area contributed by atoms with Gasteiger partial charge < -0.3 is 15.0 Å². The van der Waals surface area contributed by atoms with Gasteiger partial charge in [0.15, 0.2) is 5.16 Å². The number of rotatable bonds is 9. The zero-order chi connectivity index (χ0) is 19.6. The molecule has 0 atom stereocenters. The van der Waals surface area contributed by atoms with Crippen molar-refractivity contribution < 1.29 is 9.53 Å². The lowest BCUT2D eigenvalue weighted by molar-refractivity contribution is -0.118. The van der Waals surface area contributed by atoms with Crippen LogP contribution in [0.1, 0.15) is 32.1 Å². The number of carbonyl (C=O) groups is 1. The van der Waals surface area contributed by atoms with Gasteiger partial charge in [0.05, 0.1) is 12.9 Å². The van der Waals surface area contributed by atoms with Crippen LogP contribution in [0.3, 0.4) is 0 Å². The van der Waals surface area contributed by atoms with Crippen LogP contribution in [0.4, 0.5) is 0 Å². The Morgan fingerprint density at radius 2 is 1.93 bits per heavy atom. The Bertz CT molecular complexity index is 726. The third-order valence-corrected chi connectivity index (χ3v) is 5.81. The summed E-state index contributed by atoms with van der Waals surface area (Å²) in [5, 5.41) is 11.8. The van der Waals surface area contributed by atoms with Crippen LogP contribution >= 0.6 is 11.8 Å². The van der Waals surface area contributed by atoms with E-state index in [4.69, 9.17) is 4.74 Å². The number of thioether (sulfide) groups is 1. The van der Waals surface area contributed by atoms with Crippen LogP contribution < -0.4 is 10.1 Å². The predicted molar refractivity (Wildman–Crippen MR) is 111 cm³/mol. The topological polar surface area (TPSA) is 72.3 Å². The molecule has 0 radical (unpaired) electrons. The maximum atomic E-state index is 12.2. The van der Waals surface area contributed by atoms with E-state index in [1.807, 2.05) is 28.8 Å². The molecule has 0 saturated carbocycles. The zero-order valence-electron chi connectivity index (χ0n) is 16.5. The number of aromatic nitrogens is 3. The summed E-state index contributed by atoms with van der Waals surface area (Å²) < 4.78 is 7.06. The molecule has 0 spiro atoms. The first-order chi connectivity index (χ1) is 13.8. The summed E-state index contributed by atoms with van der Waals surface area (Å²) in [6.45, 7) is 4.19. The molecule has 0 aliphatic carbocycles. The molecule has 1 aromatic heterocycles. The lowest BCUT2D eigenvalue weighted by Crippen LogP contribution is -2.31. The molecule has 2 aromatic rings. The first kappa shape index (κ1) is 20.7. The Hall–Kier alpha value is -2.06. The van der Waals surface area contributed by atoms with Gasteiger partial charge in [-0.3, -0.25) is 9.36 Å². The number of nitrogens with zero attached hydrogens (tertiary/aromatic N) is 4. The molecule has 3 rings (SSSR count). The minimum absolute atomic E-state index is 0.0325. The van der Waals surface area contributed by atoms with Crippen molar-refractivity contribution in [3.8, 4) is 11.4 Å². The van der Waals surface area contributed by atoms with E-state index < -0.39 is 0 Å². The molecule has 2 heterocycles. The fourth-order valence-corrected chi connectivity index (χ4v) is 4.07. The Morgan fingerprint density at radius 1 is 1.18 bits per heavy atom. The van der Waals surface area contributed by atoms with E-state index in [1.165, 1.54) is 50.5 Å². The van der Waals surface area contributed by atoms with E-state index in [2.05, 4.69) is 20.4 Å². The lowest BCUT2D eigenvalue weighted by atomic mass is 10.2. The predicted octanol–water partition coefficient (Wildman–Crippen LogP) is 2.75. The molecular formula is C20H29N5O2S. The van der Waals surface area contributed by atoms with Gasteiger partial charge in [0.25, 0.3) is 0 Å². The van der Waals surface area contributed by atoms with E-state index in [1.54, 1.807) is 13.4 Å². The molecule has 8 heteroatoms. The van der Waals surface area contributed by atoms with Crippen LogP contribution in [-0.4, -0.2) is 64.6 Å². The molecule has 1 aliphatic rings. The lowest BCUT2D eigenvalue weighted by Gasteiger charge is -2.19. The largest absolute Gasteiger partial charge is 0.497 e. The minimum Gasteiger partial charge on any atom is -0.497 e. The standard InChI is InChI=1S/C20H29N5O2S/c1-27-18-9-7-17(8-10-18)25-16-22-23-20(25)28-15-19(26)21-11-6-14-24-12-4-2-3-5-13-24/h7-10,16H,2-6,11-15H2,1H3,(H,21,26). The first-order valence-electron chi connectivity index (χ1n) is 9.92. The first-order valence-corrected chi connectivity index (χ1v) is 10.9. The maximum Gasteiger partial charge on any atom is 0.230 e. The molecule has 1 amide bonds. The van der Waals surface area contributed by atoms with Crippen molar-refractivity contribution >= 4 is 17.7 Å². The Balaban J connectivity index is 1.39. The van der Waals surface area contributed by atoms with Crippen molar-refractivity contribution in [2.75, 3.05) is 39.0 Å². The number of nitrogens with one attached hydrogen (secondary N) is 1. The highest BCUT2D eigenvalue weighted by Gasteiger charge is 2.11.